The van der Waals surface area contributed by atoms with Crippen LogP contribution in [0.2, 0.25) is 10.0 Å². The van der Waals surface area contributed by atoms with E-state index in [1.165, 1.54) is 18.2 Å². The molecule has 7 nitrogen and oxygen atoms in total. The summed E-state index contributed by atoms with van der Waals surface area (Å²) in [6.07, 6.45) is -6.00. The molecule has 36 heavy (non-hydrogen) atoms. The molecule has 0 saturated carbocycles. The summed E-state index contributed by atoms with van der Waals surface area (Å²) in [5.41, 5.74) is 0.739. The predicted octanol–water partition coefficient (Wildman–Crippen LogP) is 6.27. The third kappa shape index (κ3) is 5.07. The number of hydrogen-bond acceptors (Lipinski definition) is 6. The minimum Gasteiger partial charge on any atom is -0.488 e. The normalized spacial score (nSPS) is 17.1. The Bertz CT molecular complexity index is 1300. The Hall–Kier alpha value is -3.08. The van der Waals surface area contributed by atoms with E-state index in [2.05, 4.69) is 16.8 Å². The number of fused-ring (bicyclic) bond motifs is 3. The number of carbonyl (C=O) groups is 1. The average molecular weight is 542 g/mol. The molecular weight excluding hydrogens is 522 g/mol. The highest BCUT2D eigenvalue weighted by Gasteiger charge is 2.43. The summed E-state index contributed by atoms with van der Waals surface area (Å²) >= 11 is 12.9. The molecule has 0 bridgehead atoms. The summed E-state index contributed by atoms with van der Waals surface area (Å²) in [6, 6.07) is 9.28. The van der Waals surface area contributed by atoms with Crippen LogP contribution >= 0.6 is 23.2 Å². The van der Waals surface area contributed by atoms with Crippen LogP contribution in [-0.4, -0.2) is 33.9 Å². The maximum Gasteiger partial charge on any atom is 0.452 e. The van der Waals surface area contributed by atoms with E-state index in [0.29, 0.717) is 11.3 Å². The van der Waals surface area contributed by atoms with Crippen molar-refractivity contribution in [1.29, 1.82) is 0 Å². The van der Waals surface area contributed by atoms with Crippen molar-refractivity contribution in [3.63, 3.8) is 0 Å². The number of hydrogen-bond donors (Lipinski definition) is 0. The number of alkyl halides is 3. The lowest BCUT2D eigenvalue weighted by Crippen LogP contribution is -2.18. The zero-order valence-corrected chi connectivity index (χ0v) is 20.4. The molecule has 1 aliphatic rings. The van der Waals surface area contributed by atoms with Crippen molar-refractivity contribution in [3.05, 3.63) is 81.9 Å². The monoisotopic (exact) mass is 541 g/mol. The summed E-state index contributed by atoms with van der Waals surface area (Å²) in [7, 11) is 0. The van der Waals surface area contributed by atoms with Gasteiger partial charge in [0.2, 0.25) is 5.82 Å². The van der Waals surface area contributed by atoms with Gasteiger partial charge in [-0.05, 0) is 31.2 Å². The maximum absolute atomic E-state index is 14.0. The van der Waals surface area contributed by atoms with Crippen molar-refractivity contribution < 1.29 is 32.2 Å². The van der Waals surface area contributed by atoms with E-state index in [1.807, 2.05) is 0 Å². The van der Waals surface area contributed by atoms with Gasteiger partial charge in [-0.3, -0.25) is 9.36 Å². The van der Waals surface area contributed by atoms with Gasteiger partial charge in [0.25, 0.3) is 0 Å². The first-order valence-electron chi connectivity index (χ1n) is 10.8. The lowest BCUT2D eigenvalue weighted by molar-refractivity contribution is -0.147. The molecule has 12 heteroatoms. The fourth-order valence-electron chi connectivity index (χ4n) is 3.91. The highest BCUT2D eigenvalue weighted by atomic mass is 35.5. The van der Waals surface area contributed by atoms with E-state index in [4.69, 9.17) is 37.4 Å². The van der Waals surface area contributed by atoms with Gasteiger partial charge in [0, 0.05) is 16.1 Å². The van der Waals surface area contributed by atoms with Crippen LogP contribution in [-0.2, 0) is 20.4 Å². The molecule has 4 rings (SSSR count). The molecule has 190 valence electrons. The molecule has 1 aliphatic heterocycles. The van der Waals surface area contributed by atoms with Gasteiger partial charge in [-0.15, -0.1) is 10.2 Å². The molecule has 0 fully saturated rings. The van der Waals surface area contributed by atoms with Gasteiger partial charge in [-0.2, -0.15) is 13.2 Å². The second-order valence-electron chi connectivity index (χ2n) is 7.69. The molecule has 3 aromatic rings. The number of halogens is 5. The first kappa shape index (κ1) is 26.0. The van der Waals surface area contributed by atoms with Gasteiger partial charge in [-0.25, -0.2) is 0 Å². The minimum absolute atomic E-state index is 0.0802. The van der Waals surface area contributed by atoms with Crippen molar-refractivity contribution in [2.24, 2.45) is 0 Å². The van der Waals surface area contributed by atoms with Crippen molar-refractivity contribution in [2.45, 2.75) is 31.7 Å². The van der Waals surface area contributed by atoms with Gasteiger partial charge >= 0.3 is 12.1 Å². The number of rotatable bonds is 7. The lowest BCUT2D eigenvalue weighted by atomic mass is 9.99. The van der Waals surface area contributed by atoms with E-state index >= 15 is 0 Å². The molecule has 0 spiro atoms. The Balaban J connectivity index is 1.95. The summed E-state index contributed by atoms with van der Waals surface area (Å²) in [4.78, 5) is 12.4. The fraction of sp³-hybridized carbons (Fsp3) is 0.292. The molecule has 0 N–H and O–H groups in total. The van der Waals surface area contributed by atoms with Crippen LogP contribution in [0.3, 0.4) is 0 Å². The number of carbonyl (C=O) groups excluding carboxylic acids is 1. The standard InChI is InChI=1S/C24H20Cl2F3N3O4/c1-3-10-35-17-7-5-6-14(20(17)26)21-15-11-13(25)8-9-16(15)32-22(30-31-23(32)24(27,28)29)18(36-21)12-19(33)34-4-2/h3,5-9,11,18,21H,1,4,10,12H2,2H3/t18-,21-/m1/s1. The molecular formula is C24H20Cl2F3N3O4. The van der Waals surface area contributed by atoms with Gasteiger partial charge < -0.3 is 14.2 Å². The van der Waals surface area contributed by atoms with E-state index in [9.17, 15) is 18.0 Å². The predicted molar refractivity (Wildman–Crippen MR) is 125 cm³/mol. The van der Waals surface area contributed by atoms with Gasteiger partial charge in [-0.1, -0.05) is 48.0 Å². The Morgan fingerprint density at radius 2 is 2.00 bits per heavy atom. The van der Waals surface area contributed by atoms with E-state index in [-0.39, 0.29) is 40.3 Å². The van der Waals surface area contributed by atoms with Crippen LogP contribution in [0.25, 0.3) is 5.69 Å². The minimum atomic E-state index is -4.84. The van der Waals surface area contributed by atoms with Crippen molar-refractivity contribution >= 4 is 29.2 Å². The highest BCUT2D eigenvalue weighted by molar-refractivity contribution is 6.33. The molecule has 2 aromatic carbocycles. The van der Waals surface area contributed by atoms with Gasteiger partial charge in [0.05, 0.1) is 23.7 Å². The summed E-state index contributed by atoms with van der Waals surface area (Å²) < 4.78 is 59.6. The quantitative estimate of drug-likeness (QED) is 0.259. The number of ether oxygens (including phenoxy) is 3. The Morgan fingerprint density at radius 1 is 1.22 bits per heavy atom. The maximum atomic E-state index is 14.0. The number of benzene rings is 2. The largest absolute Gasteiger partial charge is 0.488 e. The first-order chi connectivity index (χ1) is 17.2. The van der Waals surface area contributed by atoms with E-state index in [1.54, 1.807) is 31.2 Å². The van der Waals surface area contributed by atoms with E-state index < -0.39 is 36.6 Å². The second kappa shape index (κ2) is 10.5. The number of esters is 1. The van der Waals surface area contributed by atoms with Crippen LogP contribution in [0.5, 0.6) is 5.75 Å². The third-order valence-corrected chi connectivity index (χ3v) is 5.97. The van der Waals surface area contributed by atoms with Crippen molar-refractivity contribution in [2.75, 3.05) is 13.2 Å². The van der Waals surface area contributed by atoms with Crippen LogP contribution in [0.1, 0.15) is 48.3 Å². The third-order valence-electron chi connectivity index (χ3n) is 5.33. The lowest BCUT2D eigenvalue weighted by Gasteiger charge is -2.24. The molecule has 0 saturated heterocycles. The molecule has 2 heterocycles. The highest BCUT2D eigenvalue weighted by Crippen LogP contribution is 2.46. The molecule has 0 unspecified atom stereocenters. The van der Waals surface area contributed by atoms with Crippen LogP contribution in [0.15, 0.2) is 49.1 Å². The van der Waals surface area contributed by atoms with Gasteiger partial charge in [0.1, 0.15) is 24.6 Å². The zero-order chi connectivity index (χ0) is 26.0. The average Bonchev–Trinajstić information content (AvgIpc) is 3.22. The molecule has 2 atom stereocenters. The zero-order valence-electron chi connectivity index (χ0n) is 18.9. The Kier molecular flexibility index (Phi) is 7.58. The summed E-state index contributed by atoms with van der Waals surface area (Å²) in [5.74, 6) is -1.84. The summed E-state index contributed by atoms with van der Waals surface area (Å²) in [5, 5.41) is 7.57. The molecule has 0 aliphatic carbocycles. The van der Waals surface area contributed by atoms with E-state index in [0.717, 1.165) is 4.57 Å². The Morgan fingerprint density at radius 3 is 2.69 bits per heavy atom. The molecule has 0 amide bonds. The molecule has 0 radical (unpaired) electrons. The van der Waals surface area contributed by atoms with Crippen LogP contribution in [0, 0.1) is 0 Å². The fourth-order valence-corrected chi connectivity index (χ4v) is 4.37. The first-order valence-corrected chi connectivity index (χ1v) is 11.6. The smallest absolute Gasteiger partial charge is 0.452 e. The SMILES string of the molecule is C=CCOc1cccc([C@H]2O[C@H](CC(=O)OCC)c3nnc(C(F)(F)F)n3-c3ccc(Cl)cc32)c1Cl. The van der Waals surface area contributed by atoms with Crippen molar-refractivity contribution in [3.8, 4) is 11.4 Å². The summed E-state index contributed by atoms with van der Waals surface area (Å²) in [6.45, 7) is 5.49. The Labute approximate surface area is 214 Å². The topological polar surface area (TPSA) is 75.5 Å². The second-order valence-corrected chi connectivity index (χ2v) is 8.51. The van der Waals surface area contributed by atoms with Crippen LogP contribution < -0.4 is 4.74 Å². The van der Waals surface area contributed by atoms with Gasteiger partial charge in [0.15, 0.2) is 5.82 Å². The van der Waals surface area contributed by atoms with Crippen LogP contribution in [0.4, 0.5) is 13.2 Å². The van der Waals surface area contributed by atoms with Crippen molar-refractivity contribution in [1.82, 2.24) is 14.8 Å². The molecule has 1 aromatic heterocycles. The number of aromatic nitrogens is 3. The number of nitrogens with zero attached hydrogens (tertiary/aromatic N) is 3.